The van der Waals surface area contributed by atoms with Gasteiger partial charge in [-0.15, -0.1) is 0 Å². The molecule has 1 aliphatic carbocycles. The summed E-state index contributed by atoms with van der Waals surface area (Å²) in [4.78, 5) is 0. The zero-order valence-electron chi connectivity index (χ0n) is 9.06. The van der Waals surface area contributed by atoms with Crippen molar-refractivity contribution in [2.75, 3.05) is 0 Å². The SMILES string of the molecule is CC.CCCCC1(C)CC(O)C1. The van der Waals surface area contributed by atoms with Crippen LogP contribution in [0, 0.1) is 5.41 Å². The van der Waals surface area contributed by atoms with E-state index in [0.717, 1.165) is 12.8 Å². The Bertz CT molecular complexity index is 104. The van der Waals surface area contributed by atoms with E-state index in [2.05, 4.69) is 13.8 Å². The largest absolute Gasteiger partial charge is 0.393 e. The van der Waals surface area contributed by atoms with Gasteiger partial charge in [0.2, 0.25) is 0 Å². The predicted octanol–water partition coefficient (Wildman–Crippen LogP) is 3.36. The summed E-state index contributed by atoms with van der Waals surface area (Å²) in [5.41, 5.74) is 0.495. The zero-order valence-corrected chi connectivity index (χ0v) is 9.06. The quantitative estimate of drug-likeness (QED) is 0.692. The summed E-state index contributed by atoms with van der Waals surface area (Å²) < 4.78 is 0. The first-order chi connectivity index (χ1) is 5.66. The molecule has 0 aromatic carbocycles. The molecule has 12 heavy (non-hydrogen) atoms. The van der Waals surface area contributed by atoms with Gasteiger partial charge < -0.3 is 5.11 Å². The van der Waals surface area contributed by atoms with Crippen LogP contribution >= 0.6 is 0 Å². The van der Waals surface area contributed by atoms with Crippen LogP contribution in [0.2, 0.25) is 0 Å². The Morgan fingerprint density at radius 3 is 2.17 bits per heavy atom. The van der Waals surface area contributed by atoms with Crippen LogP contribution < -0.4 is 0 Å². The molecule has 0 spiro atoms. The lowest BCUT2D eigenvalue weighted by Gasteiger charge is -2.42. The molecule has 0 aliphatic heterocycles. The molecule has 0 unspecified atom stereocenters. The molecule has 1 heteroatoms. The fourth-order valence-corrected chi connectivity index (χ4v) is 1.89. The lowest BCUT2D eigenvalue weighted by Crippen LogP contribution is -2.38. The molecule has 1 N–H and O–H groups in total. The van der Waals surface area contributed by atoms with E-state index in [1.165, 1.54) is 19.3 Å². The third-order valence-electron chi connectivity index (χ3n) is 2.59. The van der Waals surface area contributed by atoms with Crippen molar-refractivity contribution in [1.29, 1.82) is 0 Å². The molecule has 1 rings (SSSR count). The number of rotatable bonds is 3. The first-order valence-corrected chi connectivity index (χ1v) is 5.34. The topological polar surface area (TPSA) is 20.2 Å². The van der Waals surface area contributed by atoms with Gasteiger partial charge in [-0.1, -0.05) is 40.5 Å². The van der Waals surface area contributed by atoms with Crippen LogP contribution in [0.1, 0.15) is 59.8 Å². The standard InChI is InChI=1S/C9H18O.C2H6/c1-3-4-5-9(2)6-8(10)7-9;1-2/h8,10H,3-7H2,1-2H3;1-2H3. The maximum atomic E-state index is 9.08. The third kappa shape index (κ3) is 3.57. The van der Waals surface area contributed by atoms with Crippen LogP contribution in [0.4, 0.5) is 0 Å². The van der Waals surface area contributed by atoms with E-state index in [1.807, 2.05) is 13.8 Å². The van der Waals surface area contributed by atoms with E-state index in [-0.39, 0.29) is 6.10 Å². The van der Waals surface area contributed by atoms with Crippen LogP contribution in [0.25, 0.3) is 0 Å². The van der Waals surface area contributed by atoms with Crippen molar-refractivity contribution in [2.24, 2.45) is 5.41 Å². The average molecular weight is 172 g/mol. The second kappa shape index (κ2) is 5.58. The second-order valence-corrected chi connectivity index (χ2v) is 3.98. The highest BCUT2D eigenvalue weighted by Gasteiger charge is 2.37. The van der Waals surface area contributed by atoms with Crippen molar-refractivity contribution in [3.05, 3.63) is 0 Å². The molecular formula is C11H24O. The maximum Gasteiger partial charge on any atom is 0.0550 e. The highest BCUT2D eigenvalue weighted by Crippen LogP contribution is 2.44. The van der Waals surface area contributed by atoms with E-state index >= 15 is 0 Å². The van der Waals surface area contributed by atoms with Gasteiger partial charge in [0.25, 0.3) is 0 Å². The Morgan fingerprint density at radius 1 is 1.33 bits per heavy atom. The number of hydrogen-bond donors (Lipinski definition) is 1. The monoisotopic (exact) mass is 172 g/mol. The molecular weight excluding hydrogens is 148 g/mol. The highest BCUT2D eigenvalue weighted by atomic mass is 16.3. The summed E-state index contributed by atoms with van der Waals surface area (Å²) in [5, 5.41) is 9.08. The molecule has 0 aromatic rings. The molecule has 0 radical (unpaired) electrons. The fourth-order valence-electron chi connectivity index (χ4n) is 1.89. The average Bonchev–Trinajstić information content (AvgIpc) is 2.02. The van der Waals surface area contributed by atoms with Crippen molar-refractivity contribution in [1.82, 2.24) is 0 Å². The minimum atomic E-state index is 0.0156. The van der Waals surface area contributed by atoms with Crippen LogP contribution in [-0.4, -0.2) is 11.2 Å². The molecule has 0 aromatic heterocycles. The number of aliphatic hydroxyl groups is 1. The highest BCUT2D eigenvalue weighted by molar-refractivity contribution is 4.89. The lowest BCUT2D eigenvalue weighted by molar-refractivity contribution is -0.0262. The summed E-state index contributed by atoms with van der Waals surface area (Å²) in [5.74, 6) is 0. The molecule has 1 saturated carbocycles. The van der Waals surface area contributed by atoms with Crippen LogP contribution in [0.3, 0.4) is 0 Å². The normalized spacial score (nSPS) is 33.2. The van der Waals surface area contributed by atoms with Crippen molar-refractivity contribution >= 4 is 0 Å². The van der Waals surface area contributed by atoms with Crippen molar-refractivity contribution in [3.8, 4) is 0 Å². The molecule has 74 valence electrons. The van der Waals surface area contributed by atoms with Gasteiger partial charge >= 0.3 is 0 Å². The zero-order chi connectivity index (χ0) is 9.61. The van der Waals surface area contributed by atoms with Crippen LogP contribution in [-0.2, 0) is 0 Å². The van der Waals surface area contributed by atoms with Gasteiger partial charge in [-0.25, -0.2) is 0 Å². The number of aliphatic hydroxyl groups excluding tert-OH is 1. The molecule has 0 amide bonds. The molecule has 0 saturated heterocycles. The summed E-state index contributed by atoms with van der Waals surface area (Å²) in [7, 11) is 0. The Hall–Kier alpha value is -0.0400. The summed E-state index contributed by atoms with van der Waals surface area (Å²) in [6, 6.07) is 0. The van der Waals surface area contributed by atoms with Gasteiger partial charge in [0, 0.05) is 0 Å². The minimum Gasteiger partial charge on any atom is -0.393 e. The first kappa shape index (κ1) is 12.0. The predicted molar refractivity (Wildman–Crippen MR) is 54.2 cm³/mol. The van der Waals surface area contributed by atoms with Gasteiger partial charge in [-0.05, 0) is 24.7 Å². The van der Waals surface area contributed by atoms with Crippen molar-refractivity contribution in [3.63, 3.8) is 0 Å². The molecule has 0 atom stereocenters. The second-order valence-electron chi connectivity index (χ2n) is 3.98. The van der Waals surface area contributed by atoms with Crippen LogP contribution in [0.15, 0.2) is 0 Å². The van der Waals surface area contributed by atoms with Gasteiger partial charge in [-0.2, -0.15) is 0 Å². The van der Waals surface area contributed by atoms with E-state index in [9.17, 15) is 0 Å². The molecule has 0 bridgehead atoms. The Balaban J connectivity index is 0.000000561. The van der Waals surface area contributed by atoms with Gasteiger partial charge in [0.05, 0.1) is 6.10 Å². The van der Waals surface area contributed by atoms with Crippen LogP contribution in [0.5, 0.6) is 0 Å². The lowest BCUT2D eigenvalue weighted by atomic mass is 9.66. The van der Waals surface area contributed by atoms with Gasteiger partial charge in [0.15, 0.2) is 0 Å². The Morgan fingerprint density at radius 2 is 1.83 bits per heavy atom. The Labute approximate surface area is 77.2 Å². The smallest absolute Gasteiger partial charge is 0.0550 e. The molecule has 1 fully saturated rings. The number of unbranched alkanes of at least 4 members (excludes halogenated alkanes) is 1. The van der Waals surface area contributed by atoms with E-state index in [1.54, 1.807) is 0 Å². The van der Waals surface area contributed by atoms with Gasteiger partial charge in [0.1, 0.15) is 0 Å². The summed E-state index contributed by atoms with van der Waals surface area (Å²) >= 11 is 0. The number of hydrogen-bond acceptors (Lipinski definition) is 1. The molecule has 0 heterocycles. The molecule has 1 aliphatic rings. The Kier molecular flexibility index (Phi) is 5.56. The van der Waals surface area contributed by atoms with E-state index in [0.29, 0.717) is 5.41 Å². The van der Waals surface area contributed by atoms with Gasteiger partial charge in [-0.3, -0.25) is 0 Å². The molecule has 1 nitrogen and oxygen atoms in total. The maximum absolute atomic E-state index is 9.08. The summed E-state index contributed by atoms with van der Waals surface area (Å²) in [6.45, 7) is 8.51. The fraction of sp³-hybridized carbons (Fsp3) is 1.00. The van der Waals surface area contributed by atoms with Crippen molar-refractivity contribution in [2.45, 2.75) is 65.9 Å². The van der Waals surface area contributed by atoms with E-state index in [4.69, 9.17) is 5.11 Å². The van der Waals surface area contributed by atoms with E-state index < -0.39 is 0 Å². The summed E-state index contributed by atoms with van der Waals surface area (Å²) in [6.07, 6.45) is 6.00. The van der Waals surface area contributed by atoms with Crippen molar-refractivity contribution < 1.29 is 5.11 Å². The third-order valence-corrected chi connectivity index (χ3v) is 2.59. The minimum absolute atomic E-state index is 0.0156. The first-order valence-electron chi connectivity index (χ1n) is 5.34.